The molecule has 6 heteroatoms. The molecule has 5 nitrogen and oxygen atoms in total. The SMILES string of the molecule is Cc1cc(C)c(-c2nc(C(N)c3nccs3)c3cc[nH]c3n2)c(C)c1. The van der Waals surface area contributed by atoms with Crippen LogP contribution in [0.2, 0.25) is 0 Å². The standard InChI is InChI=1S/C19H19N5S/c1-10-8-11(2)14(12(3)9-10)18-23-16(13-4-5-21-17(13)24-18)15(20)19-22-6-7-25-19/h4-9,15H,20H2,1-3H3,(H,21,23,24). The van der Waals surface area contributed by atoms with Crippen molar-refractivity contribution in [2.45, 2.75) is 26.8 Å². The van der Waals surface area contributed by atoms with Crippen molar-refractivity contribution in [1.82, 2.24) is 19.9 Å². The highest BCUT2D eigenvalue weighted by Crippen LogP contribution is 2.31. The molecule has 0 spiro atoms. The van der Waals surface area contributed by atoms with Crippen LogP contribution in [0.15, 0.2) is 36.0 Å². The number of fused-ring (bicyclic) bond motifs is 1. The molecule has 0 saturated heterocycles. The van der Waals surface area contributed by atoms with Crippen LogP contribution in [0.25, 0.3) is 22.4 Å². The first kappa shape index (κ1) is 15.9. The number of hydrogen-bond acceptors (Lipinski definition) is 5. The predicted molar refractivity (Wildman–Crippen MR) is 102 cm³/mol. The van der Waals surface area contributed by atoms with Crippen LogP contribution >= 0.6 is 11.3 Å². The van der Waals surface area contributed by atoms with Crippen molar-refractivity contribution in [2.75, 3.05) is 0 Å². The Balaban J connectivity index is 1.95. The minimum absolute atomic E-state index is 0.369. The van der Waals surface area contributed by atoms with Gasteiger partial charge in [-0.2, -0.15) is 0 Å². The van der Waals surface area contributed by atoms with E-state index in [2.05, 4.69) is 42.9 Å². The van der Waals surface area contributed by atoms with E-state index >= 15 is 0 Å². The van der Waals surface area contributed by atoms with Crippen molar-refractivity contribution >= 4 is 22.4 Å². The number of H-pyrrole nitrogens is 1. The van der Waals surface area contributed by atoms with Crippen molar-refractivity contribution in [2.24, 2.45) is 5.73 Å². The van der Waals surface area contributed by atoms with Crippen molar-refractivity contribution in [3.05, 3.63) is 63.4 Å². The van der Waals surface area contributed by atoms with Crippen LogP contribution in [0.3, 0.4) is 0 Å². The molecular formula is C19H19N5S. The van der Waals surface area contributed by atoms with Crippen LogP contribution in [-0.2, 0) is 0 Å². The Morgan fingerprint density at radius 2 is 1.88 bits per heavy atom. The Kier molecular flexibility index (Phi) is 3.86. The molecule has 0 radical (unpaired) electrons. The lowest BCUT2D eigenvalue weighted by Gasteiger charge is -2.14. The summed E-state index contributed by atoms with van der Waals surface area (Å²) < 4.78 is 0. The van der Waals surface area contributed by atoms with Crippen LogP contribution < -0.4 is 5.73 Å². The lowest BCUT2D eigenvalue weighted by atomic mass is 9.99. The molecule has 1 aromatic carbocycles. The zero-order valence-corrected chi connectivity index (χ0v) is 15.2. The van der Waals surface area contributed by atoms with E-state index in [1.54, 1.807) is 17.5 Å². The number of benzene rings is 1. The highest BCUT2D eigenvalue weighted by molar-refractivity contribution is 7.09. The summed E-state index contributed by atoms with van der Waals surface area (Å²) in [4.78, 5) is 17.2. The second kappa shape index (κ2) is 6.06. The Labute approximate surface area is 150 Å². The molecule has 4 rings (SSSR count). The van der Waals surface area contributed by atoms with Gasteiger partial charge in [0.1, 0.15) is 16.7 Å². The largest absolute Gasteiger partial charge is 0.346 e. The summed E-state index contributed by atoms with van der Waals surface area (Å²) in [5.41, 5.74) is 12.7. The third-order valence-electron chi connectivity index (χ3n) is 4.36. The maximum absolute atomic E-state index is 6.48. The van der Waals surface area contributed by atoms with Crippen LogP contribution in [0.4, 0.5) is 0 Å². The number of aromatic amines is 1. The number of nitrogens with one attached hydrogen (secondary N) is 1. The molecular weight excluding hydrogens is 330 g/mol. The van der Waals surface area contributed by atoms with E-state index in [4.69, 9.17) is 15.7 Å². The van der Waals surface area contributed by atoms with Gasteiger partial charge in [0.2, 0.25) is 0 Å². The minimum atomic E-state index is -0.369. The smallest absolute Gasteiger partial charge is 0.162 e. The molecule has 3 N–H and O–H groups in total. The highest BCUT2D eigenvalue weighted by atomic mass is 32.1. The molecule has 0 fully saturated rings. The summed E-state index contributed by atoms with van der Waals surface area (Å²) in [7, 11) is 0. The summed E-state index contributed by atoms with van der Waals surface area (Å²) in [6.45, 7) is 6.29. The zero-order valence-electron chi connectivity index (χ0n) is 14.4. The highest BCUT2D eigenvalue weighted by Gasteiger charge is 2.20. The van der Waals surface area contributed by atoms with Crippen molar-refractivity contribution < 1.29 is 0 Å². The van der Waals surface area contributed by atoms with Crippen LogP contribution in [-0.4, -0.2) is 19.9 Å². The molecule has 1 unspecified atom stereocenters. The minimum Gasteiger partial charge on any atom is -0.346 e. The second-order valence-corrected chi connectivity index (χ2v) is 7.22. The molecule has 1 atom stereocenters. The van der Waals surface area contributed by atoms with E-state index in [0.717, 1.165) is 38.4 Å². The number of nitrogens with zero attached hydrogens (tertiary/aromatic N) is 3. The first-order chi connectivity index (χ1) is 12.0. The fourth-order valence-electron chi connectivity index (χ4n) is 3.35. The number of aromatic nitrogens is 4. The molecule has 3 heterocycles. The molecule has 126 valence electrons. The number of nitrogens with two attached hydrogens (primary N) is 1. The topological polar surface area (TPSA) is 80.5 Å². The Morgan fingerprint density at radius 1 is 1.12 bits per heavy atom. The summed E-state index contributed by atoms with van der Waals surface area (Å²) in [5.74, 6) is 0.701. The lowest BCUT2D eigenvalue weighted by molar-refractivity contribution is 0.825. The Morgan fingerprint density at radius 3 is 2.56 bits per heavy atom. The van der Waals surface area contributed by atoms with E-state index in [9.17, 15) is 0 Å². The average molecular weight is 349 g/mol. The number of hydrogen-bond donors (Lipinski definition) is 2. The quantitative estimate of drug-likeness (QED) is 0.584. The van der Waals surface area contributed by atoms with E-state index in [-0.39, 0.29) is 6.04 Å². The molecule has 0 saturated carbocycles. The summed E-state index contributed by atoms with van der Waals surface area (Å²) >= 11 is 1.54. The predicted octanol–water partition coefficient (Wildman–Crippen LogP) is 4.05. The molecule has 0 aliphatic heterocycles. The van der Waals surface area contributed by atoms with Gasteiger partial charge in [-0.05, 0) is 38.0 Å². The zero-order chi connectivity index (χ0) is 17.6. The van der Waals surface area contributed by atoms with Crippen LogP contribution in [0, 0.1) is 20.8 Å². The summed E-state index contributed by atoms with van der Waals surface area (Å²) in [5, 5.41) is 3.72. The molecule has 0 amide bonds. The third kappa shape index (κ3) is 2.73. The van der Waals surface area contributed by atoms with Crippen LogP contribution in [0.1, 0.15) is 33.4 Å². The third-order valence-corrected chi connectivity index (χ3v) is 5.22. The van der Waals surface area contributed by atoms with Gasteiger partial charge in [0.05, 0.1) is 5.69 Å². The Bertz CT molecular complexity index is 1030. The van der Waals surface area contributed by atoms with Crippen molar-refractivity contribution in [3.8, 4) is 11.4 Å². The molecule has 4 aromatic rings. The number of aryl methyl sites for hydroxylation is 3. The van der Waals surface area contributed by atoms with Gasteiger partial charge in [-0.1, -0.05) is 17.7 Å². The fourth-order valence-corrected chi connectivity index (χ4v) is 3.99. The van der Waals surface area contributed by atoms with Gasteiger partial charge in [0, 0.05) is 28.7 Å². The lowest BCUT2D eigenvalue weighted by Crippen LogP contribution is -2.15. The van der Waals surface area contributed by atoms with Crippen LogP contribution in [0.5, 0.6) is 0 Å². The maximum Gasteiger partial charge on any atom is 0.162 e. The number of rotatable bonds is 3. The molecule has 0 aliphatic rings. The van der Waals surface area contributed by atoms with Gasteiger partial charge in [-0.3, -0.25) is 0 Å². The first-order valence-electron chi connectivity index (χ1n) is 8.13. The number of thiazole rings is 1. The van der Waals surface area contributed by atoms with E-state index < -0.39 is 0 Å². The van der Waals surface area contributed by atoms with Gasteiger partial charge < -0.3 is 10.7 Å². The van der Waals surface area contributed by atoms with E-state index in [1.807, 2.05) is 17.6 Å². The molecule has 0 bridgehead atoms. The normalized spacial score (nSPS) is 12.6. The van der Waals surface area contributed by atoms with E-state index in [1.165, 1.54) is 5.56 Å². The van der Waals surface area contributed by atoms with Crippen molar-refractivity contribution in [1.29, 1.82) is 0 Å². The van der Waals surface area contributed by atoms with Gasteiger partial charge in [-0.15, -0.1) is 11.3 Å². The first-order valence-corrected chi connectivity index (χ1v) is 9.01. The van der Waals surface area contributed by atoms with E-state index in [0.29, 0.717) is 5.82 Å². The van der Waals surface area contributed by atoms with Gasteiger partial charge >= 0.3 is 0 Å². The monoisotopic (exact) mass is 349 g/mol. The van der Waals surface area contributed by atoms with Gasteiger partial charge in [0.25, 0.3) is 0 Å². The molecule has 3 aromatic heterocycles. The average Bonchev–Trinajstić information content (AvgIpc) is 3.24. The second-order valence-electron chi connectivity index (χ2n) is 6.29. The maximum atomic E-state index is 6.48. The van der Waals surface area contributed by atoms with Crippen molar-refractivity contribution in [3.63, 3.8) is 0 Å². The fraction of sp³-hybridized carbons (Fsp3) is 0.211. The molecule has 0 aliphatic carbocycles. The van der Waals surface area contributed by atoms with Gasteiger partial charge in [-0.25, -0.2) is 15.0 Å². The molecule has 25 heavy (non-hydrogen) atoms. The summed E-state index contributed by atoms with van der Waals surface area (Å²) in [6, 6.07) is 5.92. The summed E-state index contributed by atoms with van der Waals surface area (Å²) in [6.07, 6.45) is 3.64. The Hall–Kier alpha value is -2.57. The van der Waals surface area contributed by atoms with Gasteiger partial charge in [0.15, 0.2) is 5.82 Å².